The molecular weight excluding hydrogens is 321 g/mol. The quantitative estimate of drug-likeness (QED) is 0.683. The van der Waals surface area contributed by atoms with Crippen LogP contribution in [0.3, 0.4) is 0 Å². The van der Waals surface area contributed by atoms with Crippen molar-refractivity contribution >= 4 is 34.5 Å². The van der Waals surface area contributed by atoms with Crippen molar-refractivity contribution in [3.05, 3.63) is 9.77 Å². The number of hydrogen-bond acceptors (Lipinski definition) is 3. The number of fused-ring (bicyclic) bond motifs is 1. The summed E-state index contributed by atoms with van der Waals surface area (Å²) in [4.78, 5) is 13.6. The van der Waals surface area contributed by atoms with Crippen LogP contribution in [0, 0.1) is 3.57 Å². The molecule has 0 aromatic carbocycles. The molecule has 2 rings (SSSR count). The number of amides is 1. The van der Waals surface area contributed by atoms with E-state index in [4.69, 9.17) is 4.74 Å². The van der Waals surface area contributed by atoms with E-state index in [0.717, 1.165) is 15.9 Å². The van der Waals surface area contributed by atoms with Crippen molar-refractivity contribution in [3.63, 3.8) is 0 Å². The standard InChI is InChI=1S/C10H14IN3O2/c1-10(2,3)16-9(15)13-4-5-14-8(13)7(11)6-12-14/h6H,4-5H2,1-3H3. The molecule has 0 bridgehead atoms. The first kappa shape index (κ1) is 11.7. The molecule has 0 radical (unpaired) electrons. The Bertz CT molecular complexity index is 422. The summed E-state index contributed by atoms with van der Waals surface area (Å²) in [6.07, 6.45) is 1.46. The zero-order valence-electron chi connectivity index (χ0n) is 9.53. The molecule has 6 heteroatoms. The molecule has 1 amide bonds. The summed E-state index contributed by atoms with van der Waals surface area (Å²) in [5.74, 6) is 0.842. The normalized spacial score (nSPS) is 15.1. The number of carbonyl (C=O) groups excluding carboxylic acids is 1. The van der Waals surface area contributed by atoms with E-state index in [2.05, 4.69) is 27.7 Å². The third kappa shape index (κ3) is 2.16. The fraction of sp³-hybridized carbons (Fsp3) is 0.600. The van der Waals surface area contributed by atoms with Gasteiger partial charge in [0.2, 0.25) is 0 Å². The van der Waals surface area contributed by atoms with E-state index in [-0.39, 0.29) is 6.09 Å². The van der Waals surface area contributed by atoms with Crippen LogP contribution in [0.5, 0.6) is 0 Å². The highest BCUT2D eigenvalue weighted by molar-refractivity contribution is 14.1. The molecule has 0 fully saturated rings. The maximum absolute atomic E-state index is 11.9. The second-order valence-corrected chi connectivity index (χ2v) is 5.83. The summed E-state index contributed by atoms with van der Waals surface area (Å²) in [5.41, 5.74) is -0.462. The fourth-order valence-electron chi connectivity index (χ4n) is 1.58. The number of rotatable bonds is 0. The van der Waals surface area contributed by atoms with E-state index >= 15 is 0 Å². The molecule has 0 atom stereocenters. The molecule has 0 unspecified atom stereocenters. The van der Waals surface area contributed by atoms with Crippen LogP contribution in [0.2, 0.25) is 0 Å². The van der Waals surface area contributed by atoms with Crippen LogP contribution in [-0.4, -0.2) is 28.0 Å². The molecule has 0 aliphatic carbocycles. The topological polar surface area (TPSA) is 47.4 Å². The third-order valence-corrected chi connectivity index (χ3v) is 2.93. The first-order valence-electron chi connectivity index (χ1n) is 5.10. The molecule has 1 aromatic heterocycles. The maximum Gasteiger partial charge on any atom is 0.416 e. The zero-order valence-corrected chi connectivity index (χ0v) is 11.7. The molecule has 1 aromatic rings. The molecule has 88 valence electrons. The van der Waals surface area contributed by atoms with Gasteiger partial charge in [-0.15, -0.1) is 0 Å². The van der Waals surface area contributed by atoms with Gasteiger partial charge < -0.3 is 4.74 Å². The Morgan fingerprint density at radius 1 is 1.50 bits per heavy atom. The Morgan fingerprint density at radius 2 is 2.19 bits per heavy atom. The molecule has 5 nitrogen and oxygen atoms in total. The summed E-state index contributed by atoms with van der Waals surface area (Å²) in [6.45, 7) is 6.96. The average Bonchev–Trinajstić information content (AvgIpc) is 2.66. The first-order valence-corrected chi connectivity index (χ1v) is 6.18. The van der Waals surface area contributed by atoms with Crippen LogP contribution in [0.25, 0.3) is 0 Å². The van der Waals surface area contributed by atoms with Crippen molar-refractivity contribution in [2.24, 2.45) is 0 Å². The van der Waals surface area contributed by atoms with Crippen molar-refractivity contribution < 1.29 is 9.53 Å². The third-order valence-electron chi connectivity index (χ3n) is 2.17. The smallest absolute Gasteiger partial charge is 0.416 e. The maximum atomic E-state index is 11.9. The minimum absolute atomic E-state index is 0.301. The summed E-state index contributed by atoms with van der Waals surface area (Å²) >= 11 is 2.17. The average molecular weight is 335 g/mol. The highest BCUT2D eigenvalue weighted by Gasteiger charge is 2.31. The lowest BCUT2D eigenvalue weighted by Crippen LogP contribution is -2.36. The summed E-state index contributed by atoms with van der Waals surface area (Å²) in [6, 6.07) is 0. The number of nitrogens with zero attached hydrogens (tertiary/aromatic N) is 3. The number of anilines is 1. The van der Waals surface area contributed by atoms with Gasteiger partial charge in [-0.05, 0) is 43.4 Å². The van der Waals surface area contributed by atoms with Crippen molar-refractivity contribution in [2.75, 3.05) is 11.4 Å². The van der Waals surface area contributed by atoms with E-state index in [1.807, 2.05) is 25.5 Å². The fourth-order valence-corrected chi connectivity index (χ4v) is 2.28. The predicted molar refractivity (Wildman–Crippen MR) is 68.5 cm³/mol. The van der Waals surface area contributed by atoms with Crippen LogP contribution in [-0.2, 0) is 11.3 Å². The lowest BCUT2D eigenvalue weighted by Gasteiger charge is -2.23. The predicted octanol–water partition coefficient (Wildman–Crippen LogP) is 2.24. The monoisotopic (exact) mass is 335 g/mol. The van der Waals surface area contributed by atoms with Crippen molar-refractivity contribution in [3.8, 4) is 0 Å². The molecule has 2 heterocycles. The van der Waals surface area contributed by atoms with Crippen LogP contribution in [0.4, 0.5) is 10.6 Å². The van der Waals surface area contributed by atoms with E-state index in [1.165, 1.54) is 0 Å². The summed E-state index contributed by atoms with van der Waals surface area (Å²) < 4.78 is 8.14. The number of hydrogen-bond donors (Lipinski definition) is 0. The van der Waals surface area contributed by atoms with Crippen LogP contribution in [0.15, 0.2) is 6.20 Å². The van der Waals surface area contributed by atoms with E-state index in [0.29, 0.717) is 6.54 Å². The van der Waals surface area contributed by atoms with Gasteiger partial charge in [0.25, 0.3) is 0 Å². The number of halogens is 1. The van der Waals surface area contributed by atoms with Gasteiger partial charge in [0.1, 0.15) is 11.4 Å². The first-order chi connectivity index (χ1) is 7.38. The number of ether oxygens (including phenoxy) is 1. The molecule has 0 N–H and O–H groups in total. The summed E-state index contributed by atoms with van der Waals surface area (Å²) in [5, 5.41) is 4.19. The Kier molecular flexibility index (Phi) is 2.85. The largest absolute Gasteiger partial charge is 0.443 e. The zero-order chi connectivity index (χ0) is 11.9. The molecular formula is C10H14IN3O2. The van der Waals surface area contributed by atoms with Crippen LogP contribution >= 0.6 is 22.6 Å². The van der Waals surface area contributed by atoms with E-state index < -0.39 is 5.60 Å². The van der Waals surface area contributed by atoms with Gasteiger partial charge in [-0.25, -0.2) is 9.48 Å². The summed E-state index contributed by atoms with van der Waals surface area (Å²) in [7, 11) is 0. The van der Waals surface area contributed by atoms with Gasteiger partial charge in [-0.2, -0.15) is 5.10 Å². The van der Waals surface area contributed by atoms with Crippen molar-refractivity contribution in [2.45, 2.75) is 32.9 Å². The minimum Gasteiger partial charge on any atom is -0.443 e. The molecule has 0 saturated carbocycles. The van der Waals surface area contributed by atoms with Gasteiger partial charge in [0.05, 0.1) is 22.9 Å². The number of aromatic nitrogens is 2. The Hall–Kier alpha value is -0.790. The lowest BCUT2D eigenvalue weighted by molar-refractivity contribution is 0.0584. The highest BCUT2D eigenvalue weighted by Crippen LogP contribution is 2.28. The lowest BCUT2D eigenvalue weighted by atomic mass is 10.2. The minimum atomic E-state index is -0.462. The van der Waals surface area contributed by atoms with Crippen LogP contribution < -0.4 is 4.90 Å². The Balaban J connectivity index is 2.19. The SMILES string of the molecule is CC(C)(C)OC(=O)N1CCn2ncc(I)c21. The van der Waals surface area contributed by atoms with Crippen molar-refractivity contribution in [1.82, 2.24) is 9.78 Å². The molecule has 0 saturated heterocycles. The van der Waals surface area contributed by atoms with Crippen molar-refractivity contribution in [1.29, 1.82) is 0 Å². The Labute approximate surface area is 108 Å². The van der Waals surface area contributed by atoms with Crippen LogP contribution in [0.1, 0.15) is 20.8 Å². The highest BCUT2D eigenvalue weighted by atomic mass is 127. The van der Waals surface area contributed by atoms with E-state index in [9.17, 15) is 4.79 Å². The van der Waals surface area contributed by atoms with Gasteiger partial charge in [-0.1, -0.05) is 0 Å². The number of carbonyl (C=O) groups is 1. The molecule has 0 spiro atoms. The van der Waals surface area contributed by atoms with E-state index in [1.54, 1.807) is 11.1 Å². The second kappa shape index (κ2) is 3.90. The molecule has 1 aliphatic heterocycles. The molecule has 1 aliphatic rings. The van der Waals surface area contributed by atoms with Gasteiger partial charge >= 0.3 is 6.09 Å². The Morgan fingerprint density at radius 3 is 2.81 bits per heavy atom. The molecule has 16 heavy (non-hydrogen) atoms. The second-order valence-electron chi connectivity index (χ2n) is 4.67. The van der Waals surface area contributed by atoms with Gasteiger partial charge in [-0.3, -0.25) is 4.90 Å². The van der Waals surface area contributed by atoms with Gasteiger partial charge in [0.15, 0.2) is 0 Å². The van der Waals surface area contributed by atoms with Gasteiger partial charge in [0, 0.05) is 0 Å².